The molecule has 2 amide bonds. The van der Waals surface area contributed by atoms with Gasteiger partial charge in [-0.25, -0.2) is 0 Å². The number of hydrogen-bond acceptors (Lipinski definition) is 4. The van der Waals surface area contributed by atoms with Crippen molar-refractivity contribution in [3.63, 3.8) is 0 Å². The van der Waals surface area contributed by atoms with Gasteiger partial charge in [0.25, 0.3) is 5.91 Å². The van der Waals surface area contributed by atoms with E-state index in [1.807, 2.05) is 69.3 Å². The molecule has 0 heterocycles. The van der Waals surface area contributed by atoms with Crippen LogP contribution < -0.4 is 20.7 Å². The molecule has 0 fully saturated rings. The molecule has 0 aliphatic carbocycles. The monoisotopic (exact) mass is 369 g/mol. The Morgan fingerprint density at radius 3 is 2.07 bits per heavy atom. The van der Waals surface area contributed by atoms with E-state index in [4.69, 9.17) is 4.74 Å². The Balaban J connectivity index is 1.80. The van der Waals surface area contributed by atoms with Crippen LogP contribution in [0.5, 0.6) is 5.75 Å². The molecule has 2 aromatic carbocycles. The first-order valence-electron chi connectivity index (χ1n) is 8.85. The third kappa shape index (κ3) is 7.81. The molecular weight excluding hydrogens is 342 g/mol. The quantitative estimate of drug-likeness (QED) is 0.697. The fourth-order valence-electron chi connectivity index (χ4n) is 2.39. The number of hydrogen-bond donors (Lipinski definition) is 3. The van der Waals surface area contributed by atoms with E-state index >= 15 is 0 Å². The fourth-order valence-corrected chi connectivity index (χ4v) is 2.39. The lowest BCUT2D eigenvalue weighted by molar-refractivity contribution is -0.124. The van der Waals surface area contributed by atoms with Crippen molar-refractivity contribution < 1.29 is 14.3 Å². The average Bonchev–Trinajstić information content (AvgIpc) is 2.58. The predicted octanol–water partition coefficient (Wildman–Crippen LogP) is 3.55. The number of rotatable bonds is 7. The third-order valence-electron chi connectivity index (χ3n) is 3.51. The van der Waals surface area contributed by atoms with Crippen LogP contribution in [0.15, 0.2) is 48.5 Å². The van der Waals surface area contributed by atoms with Crippen LogP contribution in [-0.2, 0) is 16.1 Å². The smallest absolute Gasteiger partial charge is 0.258 e. The first-order chi connectivity index (χ1) is 12.7. The summed E-state index contributed by atoms with van der Waals surface area (Å²) in [6.45, 7) is 7.93. The summed E-state index contributed by atoms with van der Waals surface area (Å²) in [6, 6.07) is 15.1. The maximum atomic E-state index is 11.8. The minimum Gasteiger partial charge on any atom is -0.484 e. The Hall–Kier alpha value is -3.02. The lowest BCUT2D eigenvalue weighted by Gasteiger charge is -2.20. The Kier molecular flexibility index (Phi) is 6.82. The van der Waals surface area contributed by atoms with Crippen LogP contribution in [0.25, 0.3) is 0 Å². The molecule has 0 unspecified atom stereocenters. The highest BCUT2D eigenvalue weighted by Gasteiger charge is 2.13. The number of anilines is 2. The standard InChI is InChI=1S/C21H27N3O3/c1-15(25)23-18-9-7-17(8-10-18)22-13-16-5-11-19(12-6-16)27-14-20(26)24-21(2,3)4/h5-12,22H,13-14H2,1-4H3,(H,23,25)(H,24,26). The molecular formula is C21H27N3O3. The van der Waals surface area contributed by atoms with Crippen LogP contribution in [-0.4, -0.2) is 24.0 Å². The van der Waals surface area contributed by atoms with Crippen molar-refractivity contribution in [3.05, 3.63) is 54.1 Å². The van der Waals surface area contributed by atoms with Gasteiger partial charge in [0.05, 0.1) is 0 Å². The molecule has 3 N–H and O–H groups in total. The van der Waals surface area contributed by atoms with Crippen LogP contribution in [0.3, 0.4) is 0 Å². The van der Waals surface area contributed by atoms with Crippen LogP contribution in [0, 0.1) is 0 Å². The van der Waals surface area contributed by atoms with Crippen molar-refractivity contribution in [2.75, 3.05) is 17.2 Å². The van der Waals surface area contributed by atoms with Crippen LogP contribution in [0.1, 0.15) is 33.3 Å². The lowest BCUT2D eigenvalue weighted by Crippen LogP contribution is -2.43. The lowest BCUT2D eigenvalue weighted by atomic mass is 10.1. The Labute approximate surface area is 160 Å². The zero-order chi connectivity index (χ0) is 19.9. The van der Waals surface area contributed by atoms with Crippen LogP contribution >= 0.6 is 0 Å². The molecule has 144 valence electrons. The summed E-state index contributed by atoms with van der Waals surface area (Å²) in [5.41, 5.74) is 2.55. The van der Waals surface area contributed by atoms with Gasteiger partial charge in [0.15, 0.2) is 6.61 Å². The van der Waals surface area contributed by atoms with Gasteiger partial charge in [0.1, 0.15) is 5.75 Å². The molecule has 2 rings (SSSR count). The summed E-state index contributed by atoms with van der Waals surface area (Å²) in [5.74, 6) is 0.423. The summed E-state index contributed by atoms with van der Waals surface area (Å²) < 4.78 is 5.51. The van der Waals surface area contributed by atoms with Gasteiger partial charge < -0.3 is 20.7 Å². The molecule has 0 radical (unpaired) electrons. The molecule has 6 heteroatoms. The van der Waals surface area contributed by atoms with E-state index in [1.165, 1.54) is 6.92 Å². The number of carbonyl (C=O) groups is 2. The number of benzene rings is 2. The molecule has 0 aliphatic heterocycles. The van der Waals surface area contributed by atoms with Crippen molar-refractivity contribution in [2.45, 2.75) is 39.8 Å². The SMILES string of the molecule is CC(=O)Nc1ccc(NCc2ccc(OCC(=O)NC(C)(C)C)cc2)cc1. The first-order valence-corrected chi connectivity index (χ1v) is 8.85. The van der Waals surface area contributed by atoms with Gasteiger partial charge in [0, 0.05) is 30.4 Å². The Bertz CT molecular complexity index is 763. The summed E-state index contributed by atoms with van der Waals surface area (Å²) >= 11 is 0. The van der Waals surface area contributed by atoms with Crippen molar-refractivity contribution in [2.24, 2.45) is 0 Å². The molecule has 0 spiro atoms. The highest BCUT2D eigenvalue weighted by Crippen LogP contribution is 2.16. The summed E-state index contributed by atoms with van der Waals surface area (Å²) in [6.07, 6.45) is 0. The Morgan fingerprint density at radius 2 is 1.52 bits per heavy atom. The normalized spacial score (nSPS) is 10.8. The molecule has 0 aromatic heterocycles. The van der Waals surface area contributed by atoms with E-state index in [2.05, 4.69) is 16.0 Å². The number of ether oxygens (including phenoxy) is 1. The molecule has 0 saturated heterocycles. The first kappa shape index (κ1) is 20.3. The van der Waals surface area contributed by atoms with E-state index < -0.39 is 0 Å². The summed E-state index contributed by atoms with van der Waals surface area (Å²) in [7, 11) is 0. The molecule has 6 nitrogen and oxygen atoms in total. The van der Waals surface area contributed by atoms with Gasteiger partial charge in [-0.3, -0.25) is 9.59 Å². The van der Waals surface area contributed by atoms with Crippen molar-refractivity contribution >= 4 is 23.2 Å². The van der Waals surface area contributed by atoms with E-state index in [0.29, 0.717) is 12.3 Å². The Morgan fingerprint density at radius 1 is 0.926 bits per heavy atom. The topological polar surface area (TPSA) is 79.5 Å². The second kappa shape index (κ2) is 9.07. The number of nitrogens with one attached hydrogen (secondary N) is 3. The van der Waals surface area contributed by atoms with E-state index in [-0.39, 0.29) is 24.0 Å². The minimum atomic E-state index is -0.268. The van der Waals surface area contributed by atoms with Gasteiger partial charge >= 0.3 is 0 Å². The van der Waals surface area contributed by atoms with E-state index in [0.717, 1.165) is 16.9 Å². The molecule has 0 atom stereocenters. The highest BCUT2D eigenvalue weighted by atomic mass is 16.5. The molecule has 0 saturated carbocycles. The van der Waals surface area contributed by atoms with Gasteiger partial charge in [-0.15, -0.1) is 0 Å². The molecule has 0 aliphatic rings. The second-order valence-electron chi connectivity index (χ2n) is 7.34. The minimum absolute atomic E-state index is 0.00445. The van der Waals surface area contributed by atoms with Gasteiger partial charge in [-0.1, -0.05) is 12.1 Å². The van der Waals surface area contributed by atoms with Crippen LogP contribution in [0.2, 0.25) is 0 Å². The zero-order valence-electron chi connectivity index (χ0n) is 16.3. The maximum absolute atomic E-state index is 11.8. The van der Waals surface area contributed by atoms with Crippen molar-refractivity contribution in [1.29, 1.82) is 0 Å². The van der Waals surface area contributed by atoms with Crippen LogP contribution in [0.4, 0.5) is 11.4 Å². The summed E-state index contributed by atoms with van der Waals surface area (Å²) in [4.78, 5) is 22.8. The largest absolute Gasteiger partial charge is 0.484 e. The second-order valence-corrected chi connectivity index (χ2v) is 7.34. The maximum Gasteiger partial charge on any atom is 0.258 e. The fraction of sp³-hybridized carbons (Fsp3) is 0.333. The average molecular weight is 369 g/mol. The van der Waals surface area contributed by atoms with Crippen molar-refractivity contribution in [3.8, 4) is 5.75 Å². The summed E-state index contributed by atoms with van der Waals surface area (Å²) in [5, 5.41) is 8.91. The van der Waals surface area contributed by atoms with Gasteiger partial charge in [0.2, 0.25) is 5.91 Å². The number of carbonyl (C=O) groups excluding carboxylic acids is 2. The van der Waals surface area contributed by atoms with E-state index in [9.17, 15) is 9.59 Å². The molecule has 0 bridgehead atoms. The third-order valence-corrected chi connectivity index (χ3v) is 3.51. The zero-order valence-corrected chi connectivity index (χ0v) is 16.3. The van der Waals surface area contributed by atoms with Crippen molar-refractivity contribution in [1.82, 2.24) is 5.32 Å². The van der Waals surface area contributed by atoms with Gasteiger partial charge in [-0.2, -0.15) is 0 Å². The van der Waals surface area contributed by atoms with Gasteiger partial charge in [-0.05, 0) is 62.7 Å². The van der Waals surface area contributed by atoms with E-state index in [1.54, 1.807) is 0 Å². The molecule has 2 aromatic rings. The highest BCUT2D eigenvalue weighted by molar-refractivity contribution is 5.88. The number of amides is 2. The molecule has 27 heavy (non-hydrogen) atoms. The predicted molar refractivity (Wildman–Crippen MR) is 108 cm³/mol.